The number of nitrogens with one attached hydrogen (secondary N) is 2. The Bertz CT molecular complexity index is 399. The Labute approximate surface area is 117 Å². The number of rotatable bonds is 6. The minimum atomic E-state index is 0.0871. The maximum absolute atomic E-state index is 5.58. The molecule has 0 aromatic carbocycles. The zero-order valence-corrected chi connectivity index (χ0v) is 12.1. The summed E-state index contributed by atoms with van der Waals surface area (Å²) in [5.74, 6) is 1.65. The van der Waals surface area contributed by atoms with Crippen LogP contribution < -0.4 is 10.6 Å². The van der Waals surface area contributed by atoms with Crippen LogP contribution in [0.25, 0.3) is 0 Å². The number of aromatic nitrogens is 2. The predicted octanol–water partition coefficient (Wildman–Crippen LogP) is 1.46. The molecule has 1 aliphatic heterocycles. The third-order valence-electron chi connectivity index (χ3n) is 2.64. The van der Waals surface area contributed by atoms with Crippen LogP contribution in [-0.4, -0.2) is 55.2 Å². The minimum absolute atomic E-state index is 0.0871. The summed E-state index contributed by atoms with van der Waals surface area (Å²) in [6.07, 6.45) is 2.05. The van der Waals surface area contributed by atoms with Gasteiger partial charge >= 0.3 is 0 Å². The highest BCUT2D eigenvalue weighted by molar-refractivity contribution is 7.98. The normalized spacial score (nSPS) is 19.2. The zero-order valence-electron chi connectivity index (χ0n) is 11.3. The highest BCUT2D eigenvalue weighted by atomic mass is 32.2. The van der Waals surface area contributed by atoms with Gasteiger partial charge in [-0.15, -0.1) is 0 Å². The lowest BCUT2D eigenvalue weighted by molar-refractivity contribution is -0.0819. The molecule has 1 unspecified atom stereocenters. The average Bonchev–Trinajstić information content (AvgIpc) is 2.46. The molecule has 1 aromatic rings. The van der Waals surface area contributed by atoms with Crippen LogP contribution in [0.2, 0.25) is 0 Å². The van der Waals surface area contributed by atoms with Gasteiger partial charge < -0.3 is 20.1 Å². The second-order valence-corrected chi connectivity index (χ2v) is 4.88. The molecule has 1 aromatic heterocycles. The van der Waals surface area contributed by atoms with Gasteiger partial charge in [0.1, 0.15) is 11.6 Å². The molecule has 1 saturated heterocycles. The molecule has 0 radical (unpaired) electrons. The van der Waals surface area contributed by atoms with Gasteiger partial charge in [-0.1, -0.05) is 11.8 Å². The Hall–Kier alpha value is -1.05. The fourth-order valence-electron chi connectivity index (χ4n) is 1.75. The Kier molecular flexibility index (Phi) is 5.68. The smallest absolute Gasteiger partial charge is 0.191 e. The Morgan fingerprint density at radius 1 is 1.32 bits per heavy atom. The summed E-state index contributed by atoms with van der Waals surface area (Å²) in [5.41, 5.74) is 0. The molecule has 2 rings (SSSR count). The number of ether oxygens (including phenoxy) is 2. The van der Waals surface area contributed by atoms with E-state index < -0.39 is 0 Å². The molecule has 7 heteroatoms. The van der Waals surface area contributed by atoms with E-state index in [2.05, 4.69) is 20.6 Å². The monoisotopic (exact) mass is 284 g/mol. The van der Waals surface area contributed by atoms with Crippen LogP contribution in [0.4, 0.5) is 11.6 Å². The lowest BCUT2D eigenvalue weighted by Gasteiger charge is -2.23. The quantitative estimate of drug-likeness (QED) is 0.605. The molecule has 1 aliphatic rings. The number of thioether (sulfide) groups is 1. The maximum Gasteiger partial charge on any atom is 0.191 e. The van der Waals surface area contributed by atoms with E-state index in [9.17, 15) is 0 Å². The van der Waals surface area contributed by atoms with Crippen LogP contribution >= 0.6 is 11.8 Å². The summed E-state index contributed by atoms with van der Waals surface area (Å²) in [5, 5.41) is 7.23. The summed E-state index contributed by atoms with van der Waals surface area (Å²) < 4.78 is 10.9. The highest BCUT2D eigenvalue weighted by Gasteiger charge is 2.14. The van der Waals surface area contributed by atoms with Crippen molar-refractivity contribution in [3.05, 3.63) is 6.07 Å². The fraction of sp³-hybridized carbons (Fsp3) is 0.667. The zero-order chi connectivity index (χ0) is 13.5. The fourth-order valence-corrected chi connectivity index (χ4v) is 2.13. The average molecular weight is 284 g/mol. The Morgan fingerprint density at radius 2 is 2.11 bits per heavy atom. The summed E-state index contributed by atoms with van der Waals surface area (Å²) in [7, 11) is 0. The molecule has 2 heterocycles. The molecular weight excluding hydrogens is 264 g/mol. The van der Waals surface area contributed by atoms with Gasteiger partial charge in [0.2, 0.25) is 0 Å². The van der Waals surface area contributed by atoms with Crippen LogP contribution in [0.15, 0.2) is 11.2 Å². The van der Waals surface area contributed by atoms with Crippen molar-refractivity contribution in [1.82, 2.24) is 9.97 Å². The van der Waals surface area contributed by atoms with Crippen LogP contribution in [0.5, 0.6) is 0 Å². The van der Waals surface area contributed by atoms with Crippen LogP contribution in [-0.2, 0) is 9.47 Å². The summed E-state index contributed by atoms with van der Waals surface area (Å²) in [6.45, 7) is 5.55. The molecule has 0 aliphatic carbocycles. The second kappa shape index (κ2) is 7.52. The second-order valence-electron chi connectivity index (χ2n) is 4.10. The van der Waals surface area contributed by atoms with Crippen molar-refractivity contribution >= 4 is 23.4 Å². The van der Waals surface area contributed by atoms with E-state index in [1.807, 2.05) is 19.2 Å². The van der Waals surface area contributed by atoms with E-state index in [-0.39, 0.29) is 6.10 Å². The number of hydrogen-bond donors (Lipinski definition) is 2. The number of hydrogen-bond acceptors (Lipinski definition) is 7. The van der Waals surface area contributed by atoms with Gasteiger partial charge in [0.05, 0.1) is 25.9 Å². The first kappa shape index (κ1) is 14.4. The first-order valence-electron chi connectivity index (χ1n) is 6.42. The Morgan fingerprint density at radius 3 is 2.74 bits per heavy atom. The van der Waals surface area contributed by atoms with Gasteiger partial charge in [0.25, 0.3) is 0 Å². The van der Waals surface area contributed by atoms with Gasteiger partial charge in [0.15, 0.2) is 5.16 Å². The molecule has 106 valence electrons. The van der Waals surface area contributed by atoms with Gasteiger partial charge in [-0.05, 0) is 13.2 Å². The van der Waals surface area contributed by atoms with Crippen molar-refractivity contribution in [3.63, 3.8) is 0 Å². The van der Waals surface area contributed by atoms with Crippen molar-refractivity contribution in [2.45, 2.75) is 18.2 Å². The molecule has 1 fully saturated rings. The van der Waals surface area contributed by atoms with Gasteiger partial charge in [-0.3, -0.25) is 0 Å². The molecule has 6 nitrogen and oxygen atoms in total. The summed E-state index contributed by atoms with van der Waals surface area (Å²) in [6, 6.07) is 1.91. The minimum Gasteiger partial charge on any atom is -0.376 e. The van der Waals surface area contributed by atoms with E-state index in [1.165, 1.54) is 11.8 Å². The topological polar surface area (TPSA) is 68.3 Å². The number of nitrogens with zero attached hydrogens (tertiary/aromatic N) is 2. The molecular formula is C12H20N4O2S. The summed E-state index contributed by atoms with van der Waals surface area (Å²) in [4.78, 5) is 8.80. The molecule has 1 atom stereocenters. The van der Waals surface area contributed by atoms with Crippen LogP contribution in [0.1, 0.15) is 6.92 Å². The van der Waals surface area contributed by atoms with E-state index in [1.54, 1.807) is 0 Å². The third kappa shape index (κ3) is 4.52. The van der Waals surface area contributed by atoms with E-state index in [4.69, 9.17) is 9.47 Å². The molecule has 0 spiro atoms. The van der Waals surface area contributed by atoms with Gasteiger partial charge in [-0.25, -0.2) is 9.97 Å². The summed E-state index contributed by atoms with van der Waals surface area (Å²) >= 11 is 1.53. The van der Waals surface area contributed by atoms with Crippen LogP contribution in [0.3, 0.4) is 0 Å². The highest BCUT2D eigenvalue weighted by Crippen LogP contribution is 2.17. The maximum atomic E-state index is 5.58. The molecule has 19 heavy (non-hydrogen) atoms. The van der Waals surface area contributed by atoms with E-state index >= 15 is 0 Å². The lowest BCUT2D eigenvalue weighted by atomic mass is 10.3. The first-order chi connectivity index (χ1) is 9.31. The van der Waals surface area contributed by atoms with Gasteiger partial charge in [-0.2, -0.15) is 0 Å². The largest absolute Gasteiger partial charge is 0.376 e. The molecule has 0 saturated carbocycles. The molecule has 2 N–H and O–H groups in total. The van der Waals surface area contributed by atoms with E-state index in [0.717, 1.165) is 23.3 Å². The van der Waals surface area contributed by atoms with Crippen LogP contribution in [0, 0.1) is 0 Å². The first-order valence-corrected chi connectivity index (χ1v) is 7.64. The lowest BCUT2D eigenvalue weighted by Crippen LogP contribution is -2.34. The Balaban J connectivity index is 1.95. The predicted molar refractivity (Wildman–Crippen MR) is 77.0 cm³/mol. The van der Waals surface area contributed by atoms with Crippen molar-refractivity contribution in [1.29, 1.82) is 0 Å². The standard InChI is InChI=1S/C12H20N4O2S/c1-3-13-10-6-11(16-12(15-10)19-2)14-7-9-8-17-4-5-18-9/h6,9H,3-5,7-8H2,1-2H3,(H2,13,14,15,16). The molecule has 0 amide bonds. The SMILES string of the molecule is CCNc1cc(NCC2COCCO2)nc(SC)n1. The van der Waals surface area contributed by atoms with Crippen molar-refractivity contribution in [2.75, 3.05) is 49.8 Å². The van der Waals surface area contributed by atoms with Gasteiger partial charge in [0, 0.05) is 19.2 Å². The third-order valence-corrected chi connectivity index (χ3v) is 3.19. The van der Waals surface area contributed by atoms with Crippen molar-refractivity contribution < 1.29 is 9.47 Å². The van der Waals surface area contributed by atoms with Crippen molar-refractivity contribution in [3.8, 4) is 0 Å². The molecule has 0 bridgehead atoms. The van der Waals surface area contributed by atoms with Crippen molar-refractivity contribution in [2.24, 2.45) is 0 Å². The van der Waals surface area contributed by atoms with E-state index in [0.29, 0.717) is 26.4 Å². The number of anilines is 2.